The zero-order valence-electron chi connectivity index (χ0n) is 14.7. The molecule has 3 N–H and O–H groups in total. The first-order valence-electron chi connectivity index (χ1n) is 8.89. The second-order valence-corrected chi connectivity index (χ2v) is 6.65. The van der Waals surface area contributed by atoms with E-state index in [-0.39, 0.29) is 23.8 Å². The molecule has 0 aliphatic carbocycles. The van der Waals surface area contributed by atoms with Gasteiger partial charge in [-0.2, -0.15) is 0 Å². The highest BCUT2D eigenvalue weighted by atomic mass is 16.2. The standard InChI is InChI=1S/C19H29N3O2/c1-3-15(16-7-5-4-6-8-16)13-21-19(24)14(2)22-11-9-17(10-12-22)18(20)23/h4-8,14-15,17H,3,9-13H2,1-2H3,(H2,20,23)(H,21,24)/t14-,15-/m0/s1. The van der Waals surface area contributed by atoms with Crippen LogP contribution in [0.3, 0.4) is 0 Å². The Hall–Kier alpha value is -1.88. The van der Waals surface area contributed by atoms with Crippen LogP contribution in [0.2, 0.25) is 0 Å². The summed E-state index contributed by atoms with van der Waals surface area (Å²) in [6, 6.07) is 10.1. The van der Waals surface area contributed by atoms with Gasteiger partial charge in [-0.25, -0.2) is 0 Å². The van der Waals surface area contributed by atoms with Gasteiger partial charge in [-0.3, -0.25) is 14.5 Å². The van der Waals surface area contributed by atoms with Crippen LogP contribution < -0.4 is 11.1 Å². The predicted molar refractivity (Wildman–Crippen MR) is 95.4 cm³/mol. The third-order valence-corrected chi connectivity index (χ3v) is 5.15. The van der Waals surface area contributed by atoms with Crippen LogP contribution >= 0.6 is 0 Å². The molecule has 0 radical (unpaired) electrons. The van der Waals surface area contributed by atoms with Crippen molar-refractivity contribution in [1.82, 2.24) is 10.2 Å². The van der Waals surface area contributed by atoms with E-state index in [1.807, 2.05) is 25.1 Å². The highest BCUT2D eigenvalue weighted by Gasteiger charge is 2.28. The molecule has 1 aliphatic rings. The van der Waals surface area contributed by atoms with E-state index in [4.69, 9.17) is 5.73 Å². The van der Waals surface area contributed by atoms with Crippen LogP contribution in [0, 0.1) is 5.92 Å². The summed E-state index contributed by atoms with van der Waals surface area (Å²) in [5, 5.41) is 3.09. The highest BCUT2D eigenvalue weighted by molar-refractivity contribution is 5.81. The number of nitrogens with two attached hydrogens (primary N) is 1. The van der Waals surface area contributed by atoms with E-state index in [2.05, 4.69) is 29.3 Å². The molecule has 24 heavy (non-hydrogen) atoms. The summed E-state index contributed by atoms with van der Waals surface area (Å²) in [4.78, 5) is 25.8. The minimum atomic E-state index is -0.222. The van der Waals surface area contributed by atoms with Gasteiger partial charge in [0.05, 0.1) is 6.04 Å². The zero-order chi connectivity index (χ0) is 17.5. The van der Waals surface area contributed by atoms with Crippen LogP contribution in [-0.4, -0.2) is 42.4 Å². The van der Waals surface area contributed by atoms with Crippen LogP contribution in [0.4, 0.5) is 0 Å². The van der Waals surface area contributed by atoms with Crippen molar-refractivity contribution in [2.75, 3.05) is 19.6 Å². The third-order valence-electron chi connectivity index (χ3n) is 5.15. The van der Waals surface area contributed by atoms with E-state index in [1.165, 1.54) is 5.56 Å². The topological polar surface area (TPSA) is 75.4 Å². The highest BCUT2D eigenvalue weighted by Crippen LogP contribution is 2.20. The molecule has 2 amide bonds. The van der Waals surface area contributed by atoms with Crippen molar-refractivity contribution in [1.29, 1.82) is 0 Å². The molecule has 5 heteroatoms. The molecule has 0 saturated carbocycles. The molecule has 1 saturated heterocycles. The maximum absolute atomic E-state index is 12.5. The number of benzene rings is 1. The van der Waals surface area contributed by atoms with Gasteiger partial charge in [0.2, 0.25) is 11.8 Å². The first kappa shape index (κ1) is 18.5. The summed E-state index contributed by atoms with van der Waals surface area (Å²) in [6.45, 7) is 6.23. The van der Waals surface area contributed by atoms with Crippen molar-refractivity contribution in [3.63, 3.8) is 0 Å². The van der Waals surface area contributed by atoms with Gasteiger partial charge in [0.1, 0.15) is 0 Å². The van der Waals surface area contributed by atoms with E-state index in [9.17, 15) is 9.59 Å². The molecule has 1 aromatic rings. The lowest BCUT2D eigenvalue weighted by molar-refractivity contribution is -0.127. The van der Waals surface area contributed by atoms with E-state index in [1.54, 1.807) is 0 Å². The Morgan fingerprint density at radius 2 is 1.88 bits per heavy atom. The monoisotopic (exact) mass is 331 g/mol. The van der Waals surface area contributed by atoms with Crippen LogP contribution in [-0.2, 0) is 9.59 Å². The summed E-state index contributed by atoms with van der Waals surface area (Å²) in [6.07, 6.45) is 2.48. The van der Waals surface area contributed by atoms with E-state index in [0.29, 0.717) is 12.5 Å². The molecular weight excluding hydrogens is 302 g/mol. The number of carbonyl (C=O) groups is 2. The van der Waals surface area contributed by atoms with Crippen molar-refractivity contribution in [2.24, 2.45) is 11.7 Å². The van der Waals surface area contributed by atoms with Crippen molar-refractivity contribution in [3.8, 4) is 0 Å². The number of piperidine rings is 1. The van der Waals surface area contributed by atoms with E-state index >= 15 is 0 Å². The maximum Gasteiger partial charge on any atom is 0.237 e. The average Bonchev–Trinajstić information content (AvgIpc) is 2.62. The van der Waals surface area contributed by atoms with Crippen molar-refractivity contribution in [2.45, 2.75) is 45.1 Å². The lowest BCUT2D eigenvalue weighted by atomic mass is 9.95. The fourth-order valence-corrected chi connectivity index (χ4v) is 3.33. The Balaban J connectivity index is 1.82. The fraction of sp³-hybridized carbons (Fsp3) is 0.579. The summed E-state index contributed by atoms with van der Waals surface area (Å²) in [5.74, 6) is 0.129. The average molecular weight is 331 g/mol. The predicted octanol–water partition coefficient (Wildman–Crippen LogP) is 1.88. The molecule has 2 atom stereocenters. The van der Waals surface area contributed by atoms with Crippen molar-refractivity contribution >= 4 is 11.8 Å². The Morgan fingerprint density at radius 3 is 2.42 bits per heavy atom. The van der Waals surface area contributed by atoms with Crippen LogP contribution in [0.5, 0.6) is 0 Å². The molecule has 0 bridgehead atoms. The Labute approximate surface area is 144 Å². The molecule has 0 unspecified atom stereocenters. The number of rotatable bonds is 7. The van der Waals surface area contributed by atoms with Gasteiger partial charge in [-0.15, -0.1) is 0 Å². The van der Waals surface area contributed by atoms with Gasteiger partial charge < -0.3 is 11.1 Å². The van der Waals surface area contributed by atoms with Gasteiger partial charge in [-0.1, -0.05) is 37.3 Å². The number of hydrogen-bond donors (Lipinski definition) is 2. The molecule has 0 aromatic heterocycles. The molecule has 1 heterocycles. The lowest BCUT2D eigenvalue weighted by Gasteiger charge is -2.34. The largest absolute Gasteiger partial charge is 0.369 e. The smallest absolute Gasteiger partial charge is 0.237 e. The Morgan fingerprint density at radius 1 is 1.25 bits per heavy atom. The van der Waals surface area contributed by atoms with Crippen molar-refractivity contribution in [3.05, 3.63) is 35.9 Å². The summed E-state index contributed by atoms with van der Waals surface area (Å²) < 4.78 is 0. The quantitative estimate of drug-likeness (QED) is 0.801. The first-order valence-corrected chi connectivity index (χ1v) is 8.89. The summed E-state index contributed by atoms with van der Waals surface area (Å²) in [7, 11) is 0. The number of amides is 2. The number of nitrogens with one attached hydrogen (secondary N) is 1. The molecule has 1 fully saturated rings. The molecule has 5 nitrogen and oxygen atoms in total. The van der Waals surface area contributed by atoms with Gasteiger partial charge >= 0.3 is 0 Å². The second kappa shape index (κ2) is 8.83. The molecular formula is C19H29N3O2. The first-order chi connectivity index (χ1) is 11.5. The van der Waals surface area contributed by atoms with Crippen molar-refractivity contribution < 1.29 is 9.59 Å². The molecule has 1 aliphatic heterocycles. The second-order valence-electron chi connectivity index (χ2n) is 6.65. The van der Waals surface area contributed by atoms with Gasteiger partial charge in [-0.05, 0) is 44.8 Å². The van der Waals surface area contributed by atoms with Gasteiger partial charge in [0.25, 0.3) is 0 Å². The number of primary amides is 1. The fourth-order valence-electron chi connectivity index (χ4n) is 3.33. The molecule has 2 rings (SSSR count). The van der Waals surface area contributed by atoms with Crippen LogP contribution in [0.1, 0.15) is 44.6 Å². The van der Waals surface area contributed by atoms with E-state index in [0.717, 1.165) is 32.4 Å². The normalized spacial score (nSPS) is 18.8. The lowest BCUT2D eigenvalue weighted by Crippen LogP contribution is -2.49. The number of likely N-dealkylation sites (tertiary alicyclic amines) is 1. The van der Waals surface area contributed by atoms with E-state index < -0.39 is 0 Å². The molecule has 1 aromatic carbocycles. The molecule has 0 spiro atoms. The molecule has 132 valence electrons. The van der Waals surface area contributed by atoms with Crippen LogP contribution in [0.25, 0.3) is 0 Å². The summed E-state index contributed by atoms with van der Waals surface area (Å²) >= 11 is 0. The summed E-state index contributed by atoms with van der Waals surface area (Å²) in [5.41, 5.74) is 6.62. The Kier molecular flexibility index (Phi) is 6.79. The SMILES string of the molecule is CC[C@@H](CNC(=O)[C@H](C)N1CCC(C(N)=O)CC1)c1ccccc1. The minimum Gasteiger partial charge on any atom is -0.369 e. The number of hydrogen-bond acceptors (Lipinski definition) is 3. The minimum absolute atomic E-state index is 0.0425. The Bertz CT molecular complexity index is 539. The number of nitrogens with zero attached hydrogens (tertiary/aromatic N) is 1. The van der Waals surface area contributed by atoms with Gasteiger partial charge in [0.15, 0.2) is 0 Å². The van der Waals surface area contributed by atoms with Crippen LogP contribution in [0.15, 0.2) is 30.3 Å². The maximum atomic E-state index is 12.5. The number of carbonyl (C=O) groups excluding carboxylic acids is 2. The zero-order valence-corrected chi connectivity index (χ0v) is 14.7. The third kappa shape index (κ3) is 4.81. The van der Waals surface area contributed by atoms with Gasteiger partial charge in [0, 0.05) is 18.4 Å².